The maximum Gasteiger partial charge on any atom is 0.419 e. The Labute approximate surface area is 118 Å². The molecule has 1 saturated heterocycles. The van der Waals surface area contributed by atoms with Crippen LogP contribution in [0.25, 0.3) is 0 Å². The third-order valence-corrected chi connectivity index (χ3v) is 2.96. The molecule has 0 aromatic heterocycles. The number of amides is 1. The number of ether oxygens (including phenoxy) is 3. The fourth-order valence-corrected chi connectivity index (χ4v) is 1.88. The van der Waals surface area contributed by atoms with Crippen molar-refractivity contribution in [1.29, 1.82) is 0 Å². The van der Waals surface area contributed by atoms with Gasteiger partial charge in [0.1, 0.15) is 12.4 Å². The molecular weight excluding hydrogens is 291 g/mol. The number of hydrogen-bond donors (Lipinski definition) is 1. The van der Waals surface area contributed by atoms with Crippen LogP contribution >= 0.6 is 0 Å². The molecule has 1 fully saturated rings. The fourth-order valence-electron chi connectivity index (χ4n) is 1.88. The maximum atomic E-state index is 13.0. The number of rotatable bonds is 4. The highest BCUT2D eigenvalue weighted by Gasteiger charge is 2.37. The Morgan fingerprint density at radius 1 is 1.38 bits per heavy atom. The van der Waals surface area contributed by atoms with Crippen LogP contribution in [0.2, 0.25) is 0 Å². The first-order valence-corrected chi connectivity index (χ1v) is 6.13. The Morgan fingerprint density at radius 2 is 2.00 bits per heavy atom. The number of nitrogens with two attached hydrogens (primary N) is 1. The van der Waals surface area contributed by atoms with E-state index in [0.717, 1.165) is 6.07 Å². The zero-order chi connectivity index (χ0) is 15.7. The Morgan fingerprint density at radius 3 is 2.52 bits per heavy atom. The molecule has 0 radical (unpaired) electrons. The Bertz CT molecular complexity index is 539. The van der Waals surface area contributed by atoms with Crippen LogP contribution in [-0.4, -0.2) is 31.5 Å². The minimum atomic E-state index is -4.67. The van der Waals surface area contributed by atoms with E-state index >= 15 is 0 Å². The van der Waals surface area contributed by atoms with Crippen LogP contribution < -0.4 is 10.5 Å². The molecule has 1 aromatic rings. The first-order chi connectivity index (χ1) is 9.71. The van der Waals surface area contributed by atoms with Crippen LogP contribution in [0.5, 0.6) is 5.75 Å². The van der Waals surface area contributed by atoms with E-state index in [4.69, 9.17) is 19.9 Å². The minimum absolute atomic E-state index is 0.202. The summed E-state index contributed by atoms with van der Waals surface area (Å²) < 4.78 is 54.6. The normalized spacial score (nSPS) is 17.7. The summed E-state index contributed by atoms with van der Waals surface area (Å²) in [6.07, 6.45) is -4.67. The third-order valence-electron chi connectivity index (χ3n) is 2.96. The van der Waals surface area contributed by atoms with E-state index in [1.807, 2.05) is 0 Å². The summed E-state index contributed by atoms with van der Waals surface area (Å²) in [5, 5.41) is 0. The summed E-state index contributed by atoms with van der Waals surface area (Å²) in [6.45, 7) is 2.08. The number of carbonyl (C=O) groups is 1. The predicted octanol–water partition coefficient (Wildman–Crippen LogP) is 1.95. The highest BCUT2D eigenvalue weighted by Crippen LogP contribution is 2.37. The van der Waals surface area contributed by atoms with Gasteiger partial charge in [-0.15, -0.1) is 0 Å². The highest BCUT2D eigenvalue weighted by molar-refractivity contribution is 5.93. The molecule has 0 saturated carbocycles. The number of primary amides is 1. The summed E-state index contributed by atoms with van der Waals surface area (Å²) in [5.74, 6) is -2.43. The van der Waals surface area contributed by atoms with E-state index in [1.54, 1.807) is 6.92 Å². The molecule has 0 spiro atoms. The molecule has 116 valence electrons. The van der Waals surface area contributed by atoms with E-state index in [-0.39, 0.29) is 12.2 Å². The van der Waals surface area contributed by atoms with Gasteiger partial charge in [0.15, 0.2) is 5.79 Å². The van der Waals surface area contributed by atoms with Gasteiger partial charge in [0.25, 0.3) is 0 Å². The lowest BCUT2D eigenvalue weighted by molar-refractivity contribution is -0.165. The van der Waals surface area contributed by atoms with Gasteiger partial charge in [0, 0.05) is 5.56 Å². The second-order valence-corrected chi connectivity index (χ2v) is 4.69. The number of halogens is 3. The van der Waals surface area contributed by atoms with Gasteiger partial charge in [-0.3, -0.25) is 4.79 Å². The molecule has 1 aromatic carbocycles. The van der Waals surface area contributed by atoms with Crippen molar-refractivity contribution < 1.29 is 32.2 Å². The quantitative estimate of drug-likeness (QED) is 0.923. The van der Waals surface area contributed by atoms with Gasteiger partial charge < -0.3 is 19.9 Å². The van der Waals surface area contributed by atoms with Gasteiger partial charge in [0.2, 0.25) is 5.91 Å². The SMILES string of the molecule is CC1(COc2ccc(C(N)=O)cc2C(F)(F)F)OCCO1. The van der Waals surface area contributed by atoms with E-state index < -0.39 is 29.2 Å². The van der Waals surface area contributed by atoms with Crippen molar-refractivity contribution in [3.8, 4) is 5.75 Å². The molecular formula is C13H14F3NO4. The van der Waals surface area contributed by atoms with E-state index in [2.05, 4.69) is 0 Å². The molecule has 0 aliphatic carbocycles. The van der Waals surface area contributed by atoms with Crippen molar-refractivity contribution in [1.82, 2.24) is 0 Å². The highest BCUT2D eigenvalue weighted by atomic mass is 19.4. The maximum absolute atomic E-state index is 13.0. The number of hydrogen-bond acceptors (Lipinski definition) is 4. The molecule has 2 N–H and O–H groups in total. The number of alkyl halides is 3. The Balaban J connectivity index is 2.23. The molecule has 0 atom stereocenters. The first-order valence-electron chi connectivity index (χ1n) is 6.13. The summed E-state index contributed by atoms with van der Waals surface area (Å²) in [6, 6.07) is 2.89. The molecule has 5 nitrogen and oxygen atoms in total. The molecule has 1 amide bonds. The molecule has 0 unspecified atom stereocenters. The standard InChI is InChI=1S/C13H14F3NO4/c1-12(20-4-5-21-12)7-19-10-3-2-8(11(17)18)6-9(10)13(14,15)16/h2-3,6H,4-5,7H2,1H3,(H2,17,18). The lowest BCUT2D eigenvalue weighted by Crippen LogP contribution is -2.33. The topological polar surface area (TPSA) is 70.8 Å². The number of carbonyl (C=O) groups excluding carboxylic acids is 1. The lowest BCUT2D eigenvalue weighted by Gasteiger charge is -2.23. The number of benzene rings is 1. The van der Waals surface area contributed by atoms with Crippen LogP contribution in [0.1, 0.15) is 22.8 Å². The van der Waals surface area contributed by atoms with Crippen molar-refractivity contribution in [3.63, 3.8) is 0 Å². The van der Waals surface area contributed by atoms with Crippen LogP contribution in [0, 0.1) is 0 Å². The van der Waals surface area contributed by atoms with Crippen molar-refractivity contribution in [3.05, 3.63) is 29.3 Å². The van der Waals surface area contributed by atoms with Gasteiger partial charge in [0.05, 0.1) is 18.8 Å². The van der Waals surface area contributed by atoms with Crippen LogP contribution in [0.15, 0.2) is 18.2 Å². The van der Waals surface area contributed by atoms with Crippen LogP contribution in [-0.2, 0) is 15.7 Å². The van der Waals surface area contributed by atoms with Gasteiger partial charge in [-0.1, -0.05) is 0 Å². The van der Waals surface area contributed by atoms with E-state index in [9.17, 15) is 18.0 Å². The Hall–Kier alpha value is -1.80. The second-order valence-electron chi connectivity index (χ2n) is 4.69. The van der Waals surface area contributed by atoms with Gasteiger partial charge in [-0.25, -0.2) is 0 Å². The predicted molar refractivity (Wildman–Crippen MR) is 65.8 cm³/mol. The zero-order valence-electron chi connectivity index (χ0n) is 11.2. The van der Waals surface area contributed by atoms with Crippen LogP contribution in [0.3, 0.4) is 0 Å². The monoisotopic (exact) mass is 305 g/mol. The smallest absolute Gasteiger partial charge is 0.419 e. The molecule has 1 heterocycles. The summed E-state index contributed by atoms with van der Waals surface area (Å²) in [5.41, 5.74) is 3.67. The first kappa shape index (κ1) is 15.6. The van der Waals surface area contributed by atoms with Crippen LogP contribution in [0.4, 0.5) is 13.2 Å². The molecule has 21 heavy (non-hydrogen) atoms. The minimum Gasteiger partial charge on any atom is -0.487 e. The average molecular weight is 305 g/mol. The molecule has 8 heteroatoms. The summed E-state index contributed by atoms with van der Waals surface area (Å²) in [7, 11) is 0. The molecule has 1 aliphatic rings. The molecule has 2 rings (SSSR count). The Kier molecular flexibility index (Phi) is 4.11. The summed E-state index contributed by atoms with van der Waals surface area (Å²) >= 11 is 0. The average Bonchev–Trinajstić information content (AvgIpc) is 2.82. The van der Waals surface area contributed by atoms with Gasteiger partial charge in [-0.2, -0.15) is 13.2 Å². The van der Waals surface area contributed by atoms with Crippen molar-refractivity contribution >= 4 is 5.91 Å². The van der Waals surface area contributed by atoms with E-state index in [0.29, 0.717) is 19.3 Å². The van der Waals surface area contributed by atoms with E-state index in [1.165, 1.54) is 6.07 Å². The fraction of sp³-hybridized carbons (Fsp3) is 0.462. The van der Waals surface area contributed by atoms with Gasteiger partial charge >= 0.3 is 6.18 Å². The largest absolute Gasteiger partial charge is 0.487 e. The lowest BCUT2D eigenvalue weighted by atomic mass is 10.1. The summed E-state index contributed by atoms with van der Waals surface area (Å²) in [4.78, 5) is 11.0. The third kappa shape index (κ3) is 3.64. The van der Waals surface area contributed by atoms with Crippen molar-refractivity contribution in [2.24, 2.45) is 5.73 Å². The molecule has 0 bridgehead atoms. The molecule has 1 aliphatic heterocycles. The zero-order valence-corrected chi connectivity index (χ0v) is 11.2. The van der Waals surface area contributed by atoms with Crippen molar-refractivity contribution in [2.75, 3.05) is 19.8 Å². The second kappa shape index (κ2) is 5.53. The van der Waals surface area contributed by atoms with Gasteiger partial charge in [-0.05, 0) is 25.1 Å². The van der Waals surface area contributed by atoms with Crippen molar-refractivity contribution in [2.45, 2.75) is 18.9 Å².